The molecule has 8 aliphatic carbocycles. The van der Waals surface area contributed by atoms with Crippen molar-refractivity contribution in [3.05, 3.63) is 116 Å². The molecule has 0 saturated heterocycles. The zero-order valence-corrected chi connectivity index (χ0v) is 62.7. The number of aromatic amines is 4. The Morgan fingerprint density at radius 1 is 0.556 bits per heavy atom. The van der Waals surface area contributed by atoms with Gasteiger partial charge in [0.25, 0.3) is 0 Å². The lowest BCUT2D eigenvalue weighted by atomic mass is 9.85. The molecular formula is C68H90BrCl3N12O13S2. The quantitative estimate of drug-likeness (QED) is 0.0660. The lowest BCUT2D eigenvalue weighted by Crippen LogP contribution is -2.37. The number of ketones is 1. The number of nitrogens with two attached hydrogens (primary N) is 1. The third-order valence-corrected chi connectivity index (χ3v) is 21.1. The van der Waals surface area contributed by atoms with Gasteiger partial charge in [0, 0.05) is 85.8 Å². The highest BCUT2D eigenvalue weighted by atomic mass is 79.9. The Morgan fingerprint density at radius 3 is 1.24 bits per heavy atom. The number of alkyl carbamates (subject to hydrolysis) is 2. The number of hydrogen-bond acceptors (Lipinski definition) is 18. The van der Waals surface area contributed by atoms with Gasteiger partial charge in [-0.2, -0.15) is 20.4 Å². The smallest absolute Gasteiger partial charge is 0.407 e. The molecule has 0 spiro atoms. The molecule has 31 heteroatoms. The molecule has 0 aliphatic heterocycles. The summed E-state index contributed by atoms with van der Waals surface area (Å²) in [6.45, 7) is 17.2. The maximum absolute atomic E-state index is 11.9. The predicted octanol–water partition coefficient (Wildman–Crippen LogP) is 10.1. The van der Waals surface area contributed by atoms with Crippen LogP contribution >= 0.6 is 50.6 Å². The van der Waals surface area contributed by atoms with Crippen molar-refractivity contribution in [2.24, 2.45) is 53.1 Å². The molecule has 8 saturated carbocycles. The number of amides is 2. The normalized spacial score (nSPS) is 29.2. The summed E-state index contributed by atoms with van der Waals surface area (Å²) in [5, 5.41) is 78.6. The van der Waals surface area contributed by atoms with Gasteiger partial charge in [0.2, 0.25) is 19.1 Å². The molecule has 0 bridgehead atoms. The summed E-state index contributed by atoms with van der Waals surface area (Å²) < 4.78 is 55.7. The van der Waals surface area contributed by atoms with Crippen molar-refractivity contribution in [3.63, 3.8) is 0 Å². The van der Waals surface area contributed by atoms with Crippen LogP contribution in [0.15, 0.2) is 77.8 Å². The van der Waals surface area contributed by atoms with E-state index >= 15 is 0 Å². The van der Waals surface area contributed by atoms with Gasteiger partial charge in [0.05, 0.1) is 76.2 Å². The van der Waals surface area contributed by atoms with Gasteiger partial charge < -0.3 is 46.3 Å². The van der Waals surface area contributed by atoms with Crippen LogP contribution in [0, 0.1) is 68.1 Å². The first-order valence-corrected chi connectivity index (χ1v) is 38.3. The number of ether oxygens (including phenoxy) is 2. The van der Waals surface area contributed by atoms with Gasteiger partial charge in [0.1, 0.15) is 17.0 Å². The number of nitrogens with zero attached hydrogens (tertiary/aromatic N) is 4. The minimum absolute atomic E-state index is 0. The topological polar surface area (TPSA) is 396 Å². The lowest BCUT2D eigenvalue weighted by Gasteiger charge is -2.28. The van der Waals surface area contributed by atoms with Crippen molar-refractivity contribution in [1.29, 1.82) is 0 Å². The van der Waals surface area contributed by atoms with E-state index < -0.39 is 47.1 Å². The number of carbonyl (C=O) groups is 3. The third-order valence-electron chi connectivity index (χ3n) is 19.6. The van der Waals surface area contributed by atoms with Gasteiger partial charge >= 0.3 is 12.2 Å². The van der Waals surface area contributed by atoms with E-state index in [0.717, 1.165) is 102 Å². The molecule has 4 aromatic carbocycles. The van der Waals surface area contributed by atoms with Crippen molar-refractivity contribution < 1.29 is 61.1 Å². The number of aliphatic hydroxyl groups is 4. The molecule has 16 rings (SSSR count). The Morgan fingerprint density at radius 2 is 0.869 bits per heavy atom. The van der Waals surface area contributed by atoms with Gasteiger partial charge in [-0.1, -0.05) is 39.7 Å². The molecule has 99 heavy (non-hydrogen) atoms. The van der Waals surface area contributed by atoms with Crippen molar-refractivity contribution >= 4 is 131 Å². The third kappa shape index (κ3) is 18.4. The van der Waals surface area contributed by atoms with Gasteiger partial charge in [-0.3, -0.25) is 25.2 Å². The molecular weight excluding hydrogens is 1440 g/mol. The van der Waals surface area contributed by atoms with Gasteiger partial charge in [-0.25, -0.2) is 31.1 Å². The summed E-state index contributed by atoms with van der Waals surface area (Å²) >= 11 is 9.58. The Hall–Kier alpha value is -6.02. The fourth-order valence-corrected chi connectivity index (χ4v) is 17.1. The molecule has 8 aromatic rings. The van der Waals surface area contributed by atoms with E-state index in [2.05, 4.69) is 108 Å². The Labute approximate surface area is 599 Å². The second-order valence-corrected chi connectivity index (χ2v) is 35.9. The van der Waals surface area contributed by atoms with Crippen LogP contribution in [0.4, 0.5) is 9.59 Å². The lowest BCUT2D eigenvalue weighted by molar-refractivity contribution is -0.118. The number of Topliss-reactive ketones (excluding diaryl/α,β-unsaturated/α-hetero) is 1. The average molecular weight is 1530 g/mol. The molecule has 25 nitrogen and oxygen atoms in total. The van der Waals surface area contributed by atoms with E-state index in [9.17, 15) is 46.5 Å². The monoisotopic (exact) mass is 1530 g/mol. The Balaban J connectivity index is 0.000000144. The van der Waals surface area contributed by atoms with Crippen LogP contribution in [0.1, 0.15) is 126 Å². The molecule has 15 atom stereocenters. The Kier molecular flexibility index (Phi) is 22.6. The maximum atomic E-state index is 11.9. The number of carbonyl (C=O) groups excluding carboxylic acids is 3. The maximum Gasteiger partial charge on any atom is 0.407 e. The fourth-order valence-electron chi connectivity index (χ4n) is 15.4. The Bertz CT molecular complexity index is 4480. The summed E-state index contributed by atoms with van der Waals surface area (Å²) in [5.41, 5.74) is 12.4. The first-order chi connectivity index (χ1) is 45.6. The number of sulfonamides is 1. The zero-order chi connectivity index (χ0) is 71.7. The molecule has 8 aliphatic rings. The minimum Gasteiger partial charge on any atom is -0.444 e. The highest BCUT2D eigenvalue weighted by molar-refractivity contribution is 9.10. The summed E-state index contributed by atoms with van der Waals surface area (Å²) in [4.78, 5) is 34.4. The number of rotatable bonds is 7. The van der Waals surface area contributed by atoms with Crippen molar-refractivity contribution in [3.8, 4) is 0 Å². The van der Waals surface area contributed by atoms with Crippen LogP contribution in [0.3, 0.4) is 0 Å². The molecule has 540 valence electrons. The van der Waals surface area contributed by atoms with E-state index in [-0.39, 0.29) is 60.6 Å². The number of hydrogen-bond donors (Lipinski definition) is 12. The van der Waals surface area contributed by atoms with Crippen molar-refractivity contribution in [1.82, 2.24) is 56.1 Å². The summed E-state index contributed by atoms with van der Waals surface area (Å²) in [6, 6.07) is 16.5. The highest BCUT2D eigenvalue weighted by Crippen LogP contribution is 2.62. The molecule has 2 amide bonds. The van der Waals surface area contributed by atoms with Gasteiger partial charge in [0.15, 0.2) is 0 Å². The highest BCUT2D eigenvalue weighted by Gasteiger charge is 2.64. The largest absolute Gasteiger partial charge is 0.444 e. The van der Waals surface area contributed by atoms with E-state index in [0.29, 0.717) is 84.8 Å². The summed E-state index contributed by atoms with van der Waals surface area (Å²) in [5.74, 6) is 3.08. The first kappa shape index (κ1) is 77.1. The van der Waals surface area contributed by atoms with Crippen LogP contribution in [-0.4, -0.2) is 151 Å². The van der Waals surface area contributed by atoms with Crippen LogP contribution in [0.5, 0.6) is 0 Å². The number of H-pyrrole nitrogens is 4. The van der Waals surface area contributed by atoms with Crippen LogP contribution in [0.2, 0.25) is 5.02 Å². The number of benzene rings is 4. The van der Waals surface area contributed by atoms with Crippen molar-refractivity contribution in [2.75, 3.05) is 19.6 Å². The summed E-state index contributed by atoms with van der Waals surface area (Å²) in [7, 11) is -0.876. The number of aromatic nitrogens is 8. The van der Waals surface area contributed by atoms with E-state index in [1.807, 2.05) is 91.9 Å². The van der Waals surface area contributed by atoms with E-state index in [1.54, 1.807) is 18.6 Å². The van der Waals surface area contributed by atoms with Crippen LogP contribution < -0.4 is 21.1 Å². The molecule has 8 fully saturated rings. The molecule has 7 unspecified atom stereocenters. The SMILES string of the molecule is CC(C)(C)OC(=O)NC1[C@H]2CC(=O)C[C@@H]12.CO.CS(=O)(=O)Cl.Cc1cc(Br)c2cn[nH]c2c1.Cc1cc(C2(O)C[C@@H]3C(NC(=O)OC(C)(C)C)[C@@H]3C2)c2cn[nH]c2c1.Cc1cc(C2(O)C[C@@H]3C(NS(C)(=O)=O)[C@@H]3C2)c2cn[nH]c2c1.Cl.NC1[C@H]2CC(O)(c3cc(Cl)cc4[nH]ncc34)C[C@@H]12. The number of aliphatic hydroxyl groups excluding tert-OH is 1. The number of halogens is 4. The van der Waals surface area contributed by atoms with E-state index in [1.165, 1.54) is 11.8 Å². The predicted molar refractivity (Wildman–Crippen MR) is 385 cm³/mol. The second kappa shape index (κ2) is 29.0. The summed E-state index contributed by atoms with van der Waals surface area (Å²) in [6.07, 6.45) is 13.7. The van der Waals surface area contributed by atoms with E-state index in [4.69, 9.17) is 31.9 Å². The molecule has 13 N–H and O–H groups in total. The van der Waals surface area contributed by atoms with Crippen LogP contribution in [-0.2, 0) is 50.1 Å². The van der Waals surface area contributed by atoms with Gasteiger partial charge in [-0.15, -0.1) is 12.4 Å². The molecule has 4 aromatic heterocycles. The first-order valence-electron chi connectivity index (χ1n) is 32.5. The van der Waals surface area contributed by atoms with Crippen LogP contribution in [0.25, 0.3) is 43.6 Å². The van der Waals surface area contributed by atoms with Gasteiger partial charge in [-0.05, 0) is 218 Å². The standard InChI is InChI=1S/C19H25N3O3.C15H19N3O3S.C13H14ClN3O.C11H17NO3.C8H7BrN2.CH3ClO2S.CH4O.ClH/c1-10-5-14(13-9-20-22-15(13)6-10)19(24)7-11-12(8-19)16(11)21-17(23)25-18(2,3)4;1-8-3-12(11-7-16-17-13(11)4-8)15(19)5-9-10(6-15)14(9)18-22(2,20)21;14-6-1-10(9-5-16-17-11(9)2-6)13(18)3-7-8(4-13)12(7)15;1-11(2,3)15-10(14)12-9-7-4-6(13)5-8(7)9;1-5-2-7(9)6-4-10-11-8(6)3-5;1-5(2,3)4;1-2;/h5-6,9,11-12,16,24H,7-8H2,1-4H3,(H,20,22)(H,21,23);3-4,7,9-10,14,18-19H,5-6H2,1-2H3,(H,16,17);1-2,5,7-8,12,18H,3-4,15H2,(H,16,17);7-9H,4-5H2,1-3H3,(H,12,14);2-4H,1H3,(H,10,11);1H3;2H,1H3;1H/t11-,12+,16?,19?;9-,10+,14?,15?;7-,8+,12?,13?;7-,8+,9?;;;;. The number of nitrogens with one attached hydrogen (secondary N) is 7. The fraction of sp³-hybridized carbons (Fsp3) is 0.544. The average Bonchev–Trinajstić information content (AvgIpc) is 1.54. The number of fused-ring (bicyclic) bond motifs is 8. The molecule has 4 heterocycles. The zero-order valence-electron chi connectivity index (χ0n) is 57.2. The number of aryl methyl sites for hydroxylation is 3. The van der Waals surface area contributed by atoms with Crippen molar-refractivity contribution in [2.45, 2.75) is 166 Å². The second-order valence-electron chi connectivity index (χ2n) is 29.7. The molecule has 0 radical (unpaired) electrons. The minimum atomic E-state index is -3.19.